The fraction of sp³-hybridized carbons (Fsp3) is 0.381. The molecule has 0 bridgehead atoms. The zero-order valence-electron chi connectivity index (χ0n) is 14.8. The zero-order chi connectivity index (χ0) is 17.6. The second kappa shape index (κ2) is 8.28. The monoisotopic (exact) mass is 337 g/mol. The van der Waals surface area contributed by atoms with Crippen LogP contribution in [0.3, 0.4) is 0 Å². The van der Waals surface area contributed by atoms with Gasteiger partial charge in [-0.3, -0.25) is 9.69 Å². The SMILES string of the molecule is CC(NC(=O)C(N)c1ccccc1)C1CCN(Cc2ccccc2)C1. The zero-order valence-corrected chi connectivity index (χ0v) is 14.8. The Bertz CT molecular complexity index is 674. The number of rotatable bonds is 6. The van der Waals surface area contributed by atoms with Gasteiger partial charge >= 0.3 is 0 Å². The maximum Gasteiger partial charge on any atom is 0.241 e. The second-order valence-electron chi connectivity index (χ2n) is 6.96. The highest BCUT2D eigenvalue weighted by atomic mass is 16.2. The molecule has 2 aromatic rings. The van der Waals surface area contributed by atoms with Crippen molar-refractivity contribution in [1.29, 1.82) is 0 Å². The van der Waals surface area contributed by atoms with E-state index in [4.69, 9.17) is 5.73 Å². The summed E-state index contributed by atoms with van der Waals surface area (Å²) >= 11 is 0. The minimum absolute atomic E-state index is 0.0970. The molecule has 4 nitrogen and oxygen atoms in total. The van der Waals surface area contributed by atoms with Crippen molar-refractivity contribution in [1.82, 2.24) is 10.2 Å². The molecule has 1 saturated heterocycles. The molecule has 1 aliphatic heterocycles. The first kappa shape index (κ1) is 17.6. The van der Waals surface area contributed by atoms with E-state index in [9.17, 15) is 4.79 Å². The van der Waals surface area contributed by atoms with Gasteiger partial charge in [0.05, 0.1) is 0 Å². The summed E-state index contributed by atoms with van der Waals surface area (Å²) in [6.45, 7) is 5.15. The predicted molar refractivity (Wildman–Crippen MR) is 101 cm³/mol. The number of carbonyl (C=O) groups is 1. The molecule has 0 radical (unpaired) electrons. The molecule has 4 heteroatoms. The summed E-state index contributed by atoms with van der Waals surface area (Å²) in [7, 11) is 0. The Morgan fingerprint density at radius 1 is 1.16 bits per heavy atom. The Kier molecular flexibility index (Phi) is 5.84. The standard InChI is InChI=1S/C21H27N3O/c1-16(23-21(25)20(22)18-10-6-3-7-11-18)19-12-13-24(15-19)14-17-8-4-2-5-9-17/h2-11,16,19-20H,12-15,22H2,1H3,(H,23,25). The average Bonchev–Trinajstić information content (AvgIpc) is 3.11. The third kappa shape index (κ3) is 4.68. The van der Waals surface area contributed by atoms with Crippen LogP contribution in [-0.2, 0) is 11.3 Å². The molecule has 3 rings (SSSR count). The summed E-state index contributed by atoms with van der Waals surface area (Å²) in [5.74, 6) is 0.371. The van der Waals surface area contributed by atoms with E-state index in [-0.39, 0.29) is 11.9 Å². The van der Waals surface area contributed by atoms with Gasteiger partial charge in [0.1, 0.15) is 6.04 Å². The lowest BCUT2D eigenvalue weighted by Gasteiger charge is -2.23. The van der Waals surface area contributed by atoms with E-state index < -0.39 is 6.04 Å². The lowest BCUT2D eigenvalue weighted by atomic mass is 9.99. The average molecular weight is 337 g/mol. The number of hydrogen-bond acceptors (Lipinski definition) is 3. The van der Waals surface area contributed by atoms with Crippen molar-refractivity contribution in [2.75, 3.05) is 13.1 Å². The van der Waals surface area contributed by atoms with Crippen LogP contribution in [0, 0.1) is 5.92 Å². The summed E-state index contributed by atoms with van der Waals surface area (Å²) in [5.41, 5.74) is 8.28. The summed E-state index contributed by atoms with van der Waals surface area (Å²) in [6.07, 6.45) is 1.11. The largest absolute Gasteiger partial charge is 0.352 e. The van der Waals surface area contributed by atoms with Crippen molar-refractivity contribution in [3.05, 3.63) is 71.8 Å². The number of hydrogen-bond donors (Lipinski definition) is 2. The van der Waals surface area contributed by atoms with E-state index in [1.54, 1.807) is 0 Å². The highest BCUT2D eigenvalue weighted by molar-refractivity contribution is 5.83. The maximum atomic E-state index is 12.4. The minimum atomic E-state index is -0.606. The number of nitrogens with two attached hydrogens (primary N) is 1. The lowest BCUT2D eigenvalue weighted by Crippen LogP contribution is -2.43. The molecular weight excluding hydrogens is 310 g/mol. The molecule has 0 aromatic heterocycles. The first-order valence-electron chi connectivity index (χ1n) is 9.00. The summed E-state index contributed by atoms with van der Waals surface area (Å²) in [6, 6.07) is 19.6. The number of carbonyl (C=O) groups excluding carboxylic acids is 1. The van der Waals surface area contributed by atoms with Gasteiger partial charge in [0.25, 0.3) is 0 Å². The van der Waals surface area contributed by atoms with Gasteiger partial charge < -0.3 is 11.1 Å². The molecule has 1 aliphatic rings. The third-order valence-corrected chi connectivity index (χ3v) is 5.08. The maximum absolute atomic E-state index is 12.4. The Morgan fingerprint density at radius 3 is 2.48 bits per heavy atom. The van der Waals surface area contributed by atoms with Crippen molar-refractivity contribution >= 4 is 5.91 Å². The third-order valence-electron chi connectivity index (χ3n) is 5.08. The van der Waals surface area contributed by atoms with Gasteiger partial charge in [-0.2, -0.15) is 0 Å². The Morgan fingerprint density at radius 2 is 1.80 bits per heavy atom. The molecule has 1 heterocycles. The summed E-state index contributed by atoms with van der Waals surface area (Å²) in [5, 5.41) is 3.11. The van der Waals surface area contributed by atoms with Gasteiger partial charge in [0.2, 0.25) is 5.91 Å². The van der Waals surface area contributed by atoms with E-state index in [2.05, 4.69) is 41.4 Å². The molecule has 1 fully saturated rings. The molecule has 3 unspecified atom stereocenters. The van der Waals surface area contributed by atoms with Crippen molar-refractivity contribution in [2.24, 2.45) is 11.7 Å². The highest BCUT2D eigenvalue weighted by Crippen LogP contribution is 2.22. The van der Waals surface area contributed by atoms with E-state index in [1.807, 2.05) is 36.4 Å². The van der Waals surface area contributed by atoms with Crippen LogP contribution in [0.4, 0.5) is 0 Å². The topological polar surface area (TPSA) is 58.4 Å². The van der Waals surface area contributed by atoms with Crippen LogP contribution < -0.4 is 11.1 Å². The van der Waals surface area contributed by atoms with Gasteiger partial charge in [-0.05, 0) is 36.9 Å². The van der Waals surface area contributed by atoms with Crippen molar-refractivity contribution in [2.45, 2.75) is 32.0 Å². The molecule has 0 aliphatic carbocycles. The number of amides is 1. The molecule has 0 spiro atoms. The second-order valence-corrected chi connectivity index (χ2v) is 6.96. The Hall–Kier alpha value is -2.17. The highest BCUT2D eigenvalue weighted by Gasteiger charge is 2.29. The van der Waals surface area contributed by atoms with Crippen LogP contribution in [0.25, 0.3) is 0 Å². The number of likely N-dealkylation sites (tertiary alicyclic amines) is 1. The first-order valence-corrected chi connectivity index (χ1v) is 9.00. The minimum Gasteiger partial charge on any atom is -0.352 e. The fourth-order valence-electron chi connectivity index (χ4n) is 3.50. The molecule has 3 N–H and O–H groups in total. The quantitative estimate of drug-likeness (QED) is 0.852. The molecular formula is C21H27N3O. The van der Waals surface area contributed by atoms with Gasteiger partial charge in [0.15, 0.2) is 0 Å². The molecule has 2 aromatic carbocycles. The van der Waals surface area contributed by atoms with Crippen LogP contribution >= 0.6 is 0 Å². The Balaban J connectivity index is 1.50. The van der Waals surface area contributed by atoms with E-state index in [0.717, 1.165) is 31.6 Å². The van der Waals surface area contributed by atoms with Crippen molar-refractivity contribution in [3.63, 3.8) is 0 Å². The fourth-order valence-corrected chi connectivity index (χ4v) is 3.50. The van der Waals surface area contributed by atoms with Gasteiger partial charge in [0, 0.05) is 19.1 Å². The van der Waals surface area contributed by atoms with Crippen LogP contribution in [-0.4, -0.2) is 29.9 Å². The molecule has 0 saturated carbocycles. The van der Waals surface area contributed by atoms with Crippen LogP contribution in [0.1, 0.15) is 30.5 Å². The lowest BCUT2D eigenvalue weighted by molar-refractivity contribution is -0.123. The van der Waals surface area contributed by atoms with Crippen LogP contribution in [0.5, 0.6) is 0 Å². The van der Waals surface area contributed by atoms with Crippen molar-refractivity contribution in [3.8, 4) is 0 Å². The van der Waals surface area contributed by atoms with E-state index in [1.165, 1.54) is 5.56 Å². The normalized spacial score (nSPS) is 20.2. The number of benzene rings is 2. The number of nitrogens with one attached hydrogen (secondary N) is 1. The van der Waals surface area contributed by atoms with Gasteiger partial charge in [-0.25, -0.2) is 0 Å². The van der Waals surface area contributed by atoms with Gasteiger partial charge in [-0.1, -0.05) is 60.7 Å². The van der Waals surface area contributed by atoms with E-state index >= 15 is 0 Å². The molecule has 3 atom stereocenters. The number of nitrogens with zero attached hydrogens (tertiary/aromatic N) is 1. The summed E-state index contributed by atoms with van der Waals surface area (Å²) in [4.78, 5) is 14.9. The molecule has 132 valence electrons. The molecule has 1 amide bonds. The predicted octanol–water partition coefficient (Wildman–Crippen LogP) is 2.71. The Labute approximate surface area is 150 Å². The smallest absolute Gasteiger partial charge is 0.241 e. The van der Waals surface area contributed by atoms with E-state index in [0.29, 0.717) is 5.92 Å². The van der Waals surface area contributed by atoms with Crippen LogP contribution in [0.15, 0.2) is 60.7 Å². The molecule has 25 heavy (non-hydrogen) atoms. The van der Waals surface area contributed by atoms with Crippen LogP contribution in [0.2, 0.25) is 0 Å². The summed E-state index contributed by atoms with van der Waals surface area (Å²) < 4.78 is 0. The first-order chi connectivity index (χ1) is 12.1. The van der Waals surface area contributed by atoms with Gasteiger partial charge in [-0.15, -0.1) is 0 Å². The van der Waals surface area contributed by atoms with Crippen molar-refractivity contribution < 1.29 is 4.79 Å².